The maximum Gasteiger partial charge on any atom is 0.339 e. The van der Waals surface area contributed by atoms with E-state index in [0.29, 0.717) is 25.7 Å². The number of unbranched alkanes of at least 4 members (excludes halogenated alkanes) is 2. The van der Waals surface area contributed by atoms with Crippen LogP contribution in [-0.4, -0.2) is 58.9 Å². The van der Waals surface area contributed by atoms with E-state index in [-0.39, 0.29) is 24.3 Å². The second kappa shape index (κ2) is 8.97. The van der Waals surface area contributed by atoms with E-state index in [9.17, 15) is 19.5 Å². The highest BCUT2D eigenvalue weighted by molar-refractivity contribution is 5.92. The van der Waals surface area contributed by atoms with Gasteiger partial charge in [-0.25, -0.2) is 4.79 Å². The first-order valence-electron chi connectivity index (χ1n) is 16.9. The summed E-state index contributed by atoms with van der Waals surface area (Å²) in [5, 5.41) is 12.3. The number of hydrogen-bond donors (Lipinski definition) is 1. The topological polar surface area (TPSA) is 125 Å². The predicted octanol–water partition coefficient (Wildman–Crippen LogP) is 5.01. The Labute approximate surface area is 258 Å². The number of esters is 2. The van der Waals surface area contributed by atoms with Crippen LogP contribution in [0.15, 0.2) is 16.7 Å². The molecule has 3 spiro atoms. The van der Waals surface area contributed by atoms with Gasteiger partial charge in [0.2, 0.25) is 0 Å². The summed E-state index contributed by atoms with van der Waals surface area (Å²) in [6.07, 6.45) is 6.52. The lowest BCUT2D eigenvalue weighted by molar-refractivity contribution is -0.264. The molecule has 10 atom stereocenters. The SMILES string of the molecule is CCCCCc1occc1C1OC(=O)C2OC23C1(C)CCC1C24COC(=O)C5(CCCC5)C2OC(C)(C)C4C(=O)C(O)C13C. The molecule has 5 heterocycles. The fourth-order valence-electron chi connectivity index (χ4n) is 12.1. The lowest BCUT2D eigenvalue weighted by Crippen LogP contribution is -2.77. The number of epoxide rings is 1. The Morgan fingerprint density at radius 3 is 2.45 bits per heavy atom. The summed E-state index contributed by atoms with van der Waals surface area (Å²) >= 11 is 0. The number of ketones is 1. The standard InChI is InChI=1S/C35H46O9/c1-6-7-8-11-20-19(13-17-40-20)25-31(4)16-12-21-32(5,35(31)26(43-35)27(38)42-25)24(37)22(36)23-30(2,3)44-28-33(14-9-10-15-33)29(39)41-18-34(21,23)28/h13,17,21,23-26,28,37H,6-12,14-16,18H2,1-5H3. The molecule has 3 aliphatic carbocycles. The summed E-state index contributed by atoms with van der Waals surface area (Å²) in [4.78, 5) is 42.0. The van der Waals surface area contributed by atoms with Crippen molar-refractivity contribution in [3.63, 3.8) is 0 Å². The molecular formula is C35H46O9. The molecule has 3 saturated carbocycles. The van der Waals surface area contributed by atoms with Crippen molar-refractivity contribution >= 4 is 17.7 Å². The van der Waals surface area contributed by atoms with Crippen LogP contribution in [0.5, 0.6) is 0 Å². The van der Waals surface area contributed by atoms with Crippen LogP contribution in [0.25, 0.3) is 0 Å². The molecular weight excluding hydrogens is 564 g/mol. The van der Waals surface area contributed by atoms with Gasteiger partial charge in [-0.3, -0.25) is 9.59 Å². The van der Waals surface area contributed by atoms with E-state index in [0.717, 1.165) is 49.8 Å². The zero-order valence-corrected chi connectivity index (χ0v) is 26.6. The Hall–Kier alpha value is -2.23. The molecule has 240 valence electrons. The van der Waals surface area contributed by atoms with E-state index in [1.165, 1.54) is 0 Å². The summed E-state index contributed by atoms with van der Waals surface area (Å²) < 4.78 is 31.8. The monoisotopic (exact) mass is 610 g/mol. The van der Waals surface area contributed by atoms with Crippen molar-refractivity contribution < 1.29 is 42.9 Å². The molecule has 1 aromatic heterocycles. The number of aryl methyl sites for hydroxylation is 1. The van der Waals surface area contributed by atoms with Gasteiger partial charge >= 0.3 is 11.9 Å². The molecule has 7 fully saturated rings. The first-order chi connectivity index (χ1) is 20.9. The molecule has 0 amide bonds. The van der Waals surface area contributed by atoms with Gasteiger partial charge < -0.3 is 28.5 Å². The molecule has 8 rings (SSSR count). The summed E-state index contributed by atoms with van der Waals surface area (Å²) in [6.45, 7) is 10.1. The maximum atomic E-state index is 14.7. The average molecular weight is 611 g/mol. The van der Waals surface area contributed by atoms with Crippen molar-refractivity contribution in [1.82, 2.24) is 0 Å². The third kappa shape index (κ3) is 3.06. The van der Waals surface area contributed by atoms with E-state index in [4.69, 9.17) is 23.4 Å². The van der Waals surface area contributed by atoms with E-state index in [1.807, 2.05) is 26.8 Å². The molecule has 0 aromatic carbocycles. The zero-order chi connectivity index (χ0) is 31.1. The first-order valence-corrected chi connectivity index (χ1v) is 16.9. The third-order valence-electron chi connectivity index (χ3n) is 13.8. The Morgan fingerprint density at radius 2 is 1.73 bits per heavy atom. The second-order valence-electron chi connectivity index (χ2n) is 16.0. The second-order valence-corrected chi connectivity index (χ2v) is 16.0. The molecule has 10 unspecified atom stereocenters. The number of aliphatic hydroxyl groups is 1. The molecule has 1 aromatic rings. The van der Waals surface area contributed by atoms with Gasteiger partial charge in [-0.15, -0.1) is 0 Å². The number of Topliss-reactive ketones (excluding diaryl/α,β-unsaturated/α-hetero) is 1. The molecule has 0 bridgehead atoms. The van der Waals surface area contributed by atoms with E-state index in [2.05, 4.69) is 13.8 Å². The Balaban J connectivity index is 1.28. The number of aliphatic hydroxyl groups excluding tert-OH is 1. The molecule has 0 radical (unpaired) electrons. The summed E-state index contributed by atoms with van der Waals surface area (Å²) in [5.41, 5.74) is -4.71. The largest absolute Gasteiger partial charge is 0.469 e. The van der Waals surface area contributed by atoms with Gasteiger partial charge in [-0.1, -0.05) is 46.5 Å². The molecule has 9 heteroatoms. The van der Waals surface area contributed by atoms with Gasteiger partial charge in [-0.2, -0.15) is 0 Å². The number of carbonyl (C=O) groups excluding carboxylic acids is 3. The Kier molecular flexibility index (Phi) is 5.95. The number of carbonyl (C=O) groups is 3. The Bertz CT molecular complexity index is 1420. The minimum atomic E-state index is -1.38. The van der Waals surface area contributed by atoms with Crippen molar-refractivity contribution in [2.45, 2.75) is 134 Å². The number of fused-ring (bicyclic) bond motifs is 2. The van der Waals surface area contributed by atoms with Crippen LogP contribution in [0.3, 0.4) is 0 Å². The minimum absolute atomic E-state index is 0.0692. The normalized spacial score (nSPS) is 47.6. The van der Waals surface area contributed by atoms with Gasteiger partial charge in [-0.05, 0) is 57.9 Å². The number of rotatable bonds is 5. The molecule has 9 nitrogen and oxygen atoms in total. The van der Waals surface area contributed by atoms with Crippen LogP contribution in [0, 0.1) is 33.5 Å². The highest BCUT2D eigenvalue weighted by Gasteiger charge is 2.91. The van der Waals surface area contributed by atoms with Gasteiger partial charge in [0, 0.05) is 28.2 Å². The van der Waals surface area contributed by atoms with Crippen LogP contribution in [0.4, 0.5) is 0 Å². The minimum Gasteiger partial charge on any atom is -0.469 e. The highest BCUT2D eigenvalue weighted by Crippen LogP contribution is 2.81. The van der Waals surface area contributed by atoms with Crippen molar-refractivity contribution in [2.75, 3.05) is 6.61 Å². The molecule has 7 aliphatic rings. The van der Waals surface area contributed by atoms with Gasteiger partial charge in [0.25, 0.3) is 0 Å². The summed E-state index contributed by atoms with van der Waals surface area (Å²) in [7, 11) is 0. The third-order valence-corrected chi connectivity index (χ3v) is 13.8. The quantitative estimate of drug-likeness (QED) is 0.278. The van der Waals surface area contributed by atoms with Crippen molar-refractivity contribution in [3.8, 4) is 0 Å². The summed E-state index contributed by atoms with van der Waals surface area (Å²) in [6, 6.07) is 1.90. The smallest absolute Gasteiger partial charge is 0.339 e. The van der Waals surface area contributed by atoms with Crippen LogP contribution in [0.1, 0.15) is 110 Å². The van der Waals surface area contributed by atoms with Crippen LogP contribution >= 0.6 is 0 Å². The number of cyclic esters (lactones) is 2. The maximum absolute atomic E-state index is 14.7. The molecule has 44 heavy (non-hydrogen) atoms. The number of hydrogen-bond acceptors (Lipinski definition) is 9. The van der Waals surface area contributed by atoms with Crippen molar-refractivity contribution in [2.24, 2.45) is 33.5 Å². The van der Waals surface area contributed by atoms with Gasteiger partial charge in [0.15, 0.2) is 11.9 Å². The van der Waals surface area contributed by atoms with Gasteiger partial charge in [0.05, 0.1) is 29.3 Å². The van der Waals surface area contributed by atoms with Crippen LogP contribution in [-0.2, 0) is 39.8 Å². The van der Waals surface area contributed by atoms with E-state index >= 15 is 0 Å². The number of furan rings is 1. The first kappa shape index (κ1) is 29.2. The van der Waals surface area contributed by atoms with E-state index < -0.39 is 69.2 Å². The van der Waals surface area contributed by atoms with Crippen LogP contribution in [0.2, 0.25) is 0 Å². The lowest BCUT2D eigenvalue weighted by atomic mass is 9.35. The lowest BCUT2D eigenvalue weighted by Gasteiger charge is -2.67. The van der Waals surface area contributed by atoms with Crippen LogP contribution < -0.4 is 0 Å². The summed E-state index contributed by atoms with van der Waals surface area (Å²) in [5.74, 6) is -1.11. The fraction of sp³-hybridized carbons (Fsp3) is 0.800. The highest BCUT2D eigenvalue weighted by atomic mass is 16.7. The van der Waals surface area contributed by atoms with E-state index in [1.54, 1.807) is 6.26 Å². The zero-order valence-electron chi connectivity index (χ0n) is 26.6. The molecule has 4 aliphatic heterocycles. The van der Waals surface area contributed by atoms with Gasteiger partial charge in [0.1, 0.15) is 30.2 Å². The molecule has 1 N–H and O–H groups in total. The predicted molar refractivity (Wildman–Crippen MR) is 155 cm³/mol. The Morgan fingerprint density at radius 1 is 0.977 bits per heavy atom. The van der Waals surface area contributed by atoms with Crippen molar-refractivity contribution in [3.05, 3.63) is 23.7 Å². The number of ether oxygens (including phenoxy) is 4. The molecule has 4 saturated heterocycles. The average Bonchev–Trinajstić information content (AvgIpc) is 3.24. The fourth-order valence-corrected chi connectivity index (χ4v) is 12.1. The van der Waals surface area contributed by atoms with Crippen molar-refractivity contribution in [1.29, 1.82) is 0 Å².